The van der Waals surface area contributed by atoms with Gasteiger partial charge in [-0.1, -0.05) is 12.1 Å². The molecule has 1 aliphatic heterocycles. The number of urea groups is 1. The van der Waals surface area contributed by atoms with Crippen molar-refractivity contribution in [3.8, 4) is 0 Å². The summed E-state index contributed by atoms with van der Waals surface area (Å²) in [5.74, 6) is 0. The SMILES string of the molecule is CC(C)(C)NC(=O)N1OC1c1ccc(I)cc1. The van der Waals surface area contributed by atoms with Crippen molar-refractivity contribution in [2.24, 2.45) is 0 Å². The first-order valence-corrected chi connectivity index (χ1v) is 6.48. The molecule has 0 aliphatic carbocycles. The average Bonchev–Trinajstić information content (AvgIpc) is 2.96. The van der Waals surface area contributed by atoms with E-state index in [0.29, 0.717) is 0 Å². The lowest BCUT2D eigenvalue weighted by Crippen LogP contribution is -2.43. The fraction of sp³-hybridized carbons (Fsp3) is 0.417. The minimum Gasteiger partial charge on any atom is -0.332 e. The molecule has 1 aromatic carbocycles. The molecule has 1 unspecified atom stereocenters. The number of benzene rings is 1. The summed E-state index contributed by atoms with van der Waals surface area (Å²) in [6, 6.07) is 7.74. The predicted molar refractivity (Wildman–Crippen MR) is 73.1 cm³/mol. The van der Waals surface area contributed by atoms with Crippen molar-refractivity contribution in [2.45, 2.75) is 32.5 Å². The number of halogens is 1. The molecule has 1 saturated heterocycles. The predicted octanol–water partition coefficient (Wildman–Crippen LogP) is 3.05. The normalized spacial score (nSPS) is 19.1. The monoisotopic (exact) mass is 346 g/mol. The van der Waals surface area contributed by atoms with Gasteiger partial charge < -0.3 is 5.32 Å². The van der Waals surface area contributed by atoms with Crippen LogP contribution < -0.4 is 5.32 Å². The lowest BCUT2D eigenvalue weighted by atomic mass is 10.1. The molecule has 0 radical (unpaired) electrons. The highest BCUT2D eigenvalue weighted by Gasteiger charge is 2.43. The second-order valence-electron chi connectivity index (χ2n) is 5.02. The lowest BCUT2D eigenvalue weighted by Gasteiger charge is -2.19. The largest absolute Gasteiger partial charge is 0.344 e. The van der Waals surface area contributed by atoms with Crippen molar-refractivity contribution < 1.29 is 9.63 Å². The van der Waals surface area contributed by atoms with Crippen LogP contribution in [0.5, 0.6) is 0 Å². The van der Waals surface area contributed by atoms with Crippen LogP contribution in [0, 0.1) is 3.57 Å². The summed E-state index contributed by atoms with van der Waals surface area (Å²) in [7, 11) is 0. The minimum atomic E-state index is -0.250. The Hall–Kier alpha value is -0.820. The Morgan fingerprint density at radius 1 is 1.35 bits per heavy atom. The second kappa shape index (κ2) is 4.45. The van der Waals surface area contributed by atoms with E-state index in [0.717, 1.165) is 9.13 Å². The van der Waals surface area contributed by atoms with Crippen molar-refractivity contribution in [2.75, 3.05) is 0 Å². The van der Waals surface area contributed by atoms with Gasteiger partial charge in [-0.2, -0.15) is 5.06 Å². The van der Waals surface area contributed by atoms with Crippen molar-refractivity contribution in [1.29, 1.82) is 0 Å². The second-order valence-corrected chi connectivity index (χ2v) is 6.26. The first kappa shape index (κ1) is 12.6. The molecule has 2 rings (SSSR count). The number of rotatable bonds is 1. The first-order chi connectivity index (χ1) is 7.87. The Bertz CT molecular complexity index is 425. The number of hydroxylamine groups is 2. The van der Waals surface area contributed by atoms with Crippen molar-refractivity contribution in [3.05, 3.63) is 33.4 Å². The van der Waals surface area contributed by atoms with Gasteiger partial charge in [0.25, 0.3) is 0 Å². The smallest absolute Gasteiger partial charge is 0.332 e. The van der Waals surface area contributed by atoms with Crippen LogP contribution in [0.1, 0.15) is 32.6 Å². The van der Waals surface area contributed by atoms with E-state index in [1.807, 2.05) is 45.0 Å². The van der Waals surface area contributed by atoms with Crippen molar-refractivity contribution in [1.82, 2.24) is 10.4 Å². The van der Waals surface area contributed by atoms with E-state index in [4.69, 9.17) is 4.84 Å². The van der Waals surface area contributed by atoms with E-state index in [1.165, 1.54) is 5.06 Å². The van der Waals surface area contributed by atoms with E-state index in [1.54, 1.807) is 0 Å². The van der Waals surface area contributed by atoms with E-state index in [-0.39, 0.29) is 17.8 Å². The van der Waals surface area contributed by atoms with Gasteiger partial charge in [-0.25, -0.2) is 9.63 Å². The number of hydrogen-bond donors (Lipinski definition) is 1. The maximum Gasteiger partial charge on any atom is 0.344 e. The summed E-state index contributed by atoms with van der Waals surface area (Å²) in [5.41, 5.74) is 0.745. The molecule has 1 aliphatic rings. The highest BCUT2D eigenvalue weighted by atomic mass is 127. The maximum absolute atomic E-state index is 11.8. The zero-order chi connectivity index (χ0) is 12.6. The van der Waals surface area contributed by atoms with Crippen LogP contribution in [-0.2, 0) is 4.84 Å². The van der Waals surface area contributed by atoms with E-state index < -0.39 is 0 Å². The molecule has 2 amide bonds. The Morgan fingerprint density at radius 2 is 1.94 bits per heavy atom. The Balaban J connectivity index is 1.96. The number of nitrogens with one attached hydrogen (secondary N) is 1. The molecule has 1 fully saturated rings. The zero-order valence-corrected chi connectivity index (χ0v) is 12.2. The quantitative estimate of drug-likeness (QED) is 0.628. The van der Waals surface area contributed by atoms with Gasteiger partial charge in [0, 0.05) is 14.7 Å². The van der Waals surface area contributed by atoms with Crippen LogP contribution >= 0.6 is 22.6 Å². The Kier molecular flexibility index (Phi) is 3.31. The fourth-order valence-corrected chi connectivity index (χ4v) is 1.79. The summed E-state index contributed by atoms with van der Waals surface area (Å²) < 4.78 is 1.16. The third kappa shape index (κ3) is 3.32. The molecular formula is C12H15IN2O2. The van der Waals surface area contributed by atoms with Gasteiger partial charge in [0.2, 0.25) is 6.23 Å². The molecule has 5 heteroatoms. The average molecular weight is 346 g/mol. The van der Waals surface area contributed by atoms with E-state index in [9.17, 15) is 4.79 Å². The van der Waals surface area contributed by atoms with Gasteiger partial charge in [0.05, 0.1) is 0 Å². The molecule has 1 N–H and O–H groups in total. The lowest BCUT2D eigenvalue weighted by molar-refractivity contribution is 0.169. The maximum atomic E-state index is 11.8. The van der Waals surface area contributed by atoms with Gasteiger partial charge in [0.15, 0.2) is 0 Å². The molecule has 0 spiro atoms. The first-order valence-electron chi connectivity index (χ1n) is 5.40. The molecular weight excluding hydrogens is 331 g/mol. The van der Waals surface area contributed by atoms with Crippen LogP contribution in [0.25, 0.3) is 0 Å². The van der Waals surface area contributed by atoms with Gasteiger partial charge >= 0.3 is 6.03 Å². The topological polar surface area (TPSA) is 44.6 Å². The fourth-order valence-electron chi connectivity index (χ4n) is 1.43. The summed E-state index contributed by atoms with van der Waals surface area (Å²) in [6.07, 6.45) is -0.241. The highest BCUT2D eigenvalue weighted by molar-refractivity contribution is 14.1. The van der Waals surface area contributed by atoms with Crippen LogP contribution in [0.4, 0.5) is 4.79 Å². The number of amides is 2. The standard InChI is InChI=1S/C12H15IN2O2/c1-12(2,3)14-11(16)15-10(17-15)8-4-6-9(13)7-5-8/h4-7,10H,1-3H3,(H,14,16). The van der Waals surface area contributed by atoms with Crippen LogP contribution in [0.15, 0.2) is 24.3 Å². The van der Waals surface area contributed by atoms with Crippen LogP contribution in [-0.4, -0.2) is 16.6 Å². The van der Waals surface area contributed by atoms with E-state index in [2.05, 4.69) is 27.9 Å². The number of hydrogen-bond acceptors (Lipinski definition) is 2. The van der Waals surface area contributed by atoms with E-state index >= 15 is 0 Å². The van der Waals surface area contributed by atoms with Crippen molar-refractivity contribution in [3.63, 3.8) is 0 Å². The molecule has 0 bridgehead atoms. The minimum absolute atomic E-state index is 0.193. The molecule has 92 valence electrons. The zero-order valence-electron chi connectivity index (χ0n) is 10.0. The number of carbonyl (C=O) groups is 1. The highest BCUT2D eigenvalue weighted by Crippen LogP contribution is 2.37. The molecule has 4 nitrogen and oxygen atoms in total. The summed E-state index contributed by atoms with van der Waals surface area (Å²) in [6.45, 7) is 5.82. The summed E-state index contributed by atoms with van der Waals surface area (Å²) in [4.78, 5) is 17.0. The third-order valence-corrected chi connectivity index (χ3v) is 2.94. The summed E-state index contributed by atoms with van der Waals surface area (Å²) >= 11 is 2.24. The van der Waals surface area contributed by atoms with Crippen LogP contribution in [0.3, 0.4) is 0 Å². The molecule has 1 atom stereocenters. The number of carbonyl (C=O) groups excluding carboxylic acids is 1. The molecule has 1 heterocycles. The van der Waals surface area contributed by atoms with Gasteiger partial charge in [-0.05, 0) is 55.5 Å². The molecule has 1 aromatic rings. The van der Waals surface area contributed by atoms with Crippen molar-refractivity contribution >= 4 is 28.6 Å². The Morgan fingerprint density at radius 3 is 2.47 bits per heavy atom. The molecule has 17 heavy (non-hydrogen) atoms. The van der Waals surface area contributed by atoms with Crippen LogP contribution in [0.2, 0.25) is 0 Å². The van der Waals surface area contributed by atoms with Gasteiger partial charge in [-0.15, -0.1) is 0 Å². The molecule has 0 saturated carbocycles. The van der Waals surface area contributed by atoms with Gasteiger partial charge in [-0.3, -0.25) is 0 Å². The molecule has 0 aromatic heterocycles. The number of nitrogens with zero attached hydrogens (tertiary/aromatic N) is 1. The Labute approximate surface area is 114 Å². The third-order valence-electron chi connectivity index (χ3n) is 2.22. The summed E-state index contributed by atoms with van der Waals surface area (Å²) in [5, 5.41) is 4.21. The van der Waals surface area contributed by atoms with Gasteiger partial charge in [0.1, 0.15) is 0 Å².